The van der Waals surface area contributed by atoms with Gasteiger partial charge in [0.2, 0.25) is 5.82 Å². The highest BCUT2D eigenvalue weighted by molar-refractivity contribution is 5.89. The molecule has 280 valence electrons. The normalized spacial score (nSPS) is 43.1. The van der Waals surface area contributed by atoms with Gasteiger partial charge in [0.15, 0.2) is 0 Å². The zero-order chi connectivity index (χ0) is 37.0. The van der Waals surface area contributed by atoms with Crippen molar-refractivity contribution in [3.63, 3.8) is 0 Å². The molecule has 10 nitrogen and oxygen atoms in total. The Labute approximate surface area is 299 Å². The number of hydrogen-bond acceptors (Lipinski definition) is 7. The molecule has 4 fully saturated rings. The first-order chi connectivity index (χ1) is 23.0. The lowest BCUT2D eigenvalue weighted by molar-refractivity contribution is -0.253. The number of aromatic nitrogens is 3. The van der Waals surface area contributed by atoms with Gasteiger partial charge in [0, 0.05) is 16.4 Å². The van der Waals surface area contributed by atoms with Crippen molar-refractivity contribution in [2.45, 2.75) is 132 Å². The smallest absolute Gasteiger partial charge is 0.307 e. The number of nitrogens with zero attached hydrogens (tertiary/aromatic N) is 3. The van der Waals surface area contributed by atoms with E-state index in [0.29, 0.717) is 32.2 Å². The lowest BCUT2D eigenvalue weighted by Crippen LogP contribution is -2.69. The number of nitrogens with two attached hydrogens (primary N) is 2. The summed E-state index contributed by atoms with van der Waals surface area (Å²) in [5.74, 6) is -0.426. The number of carbonyl (C=O) groups excluding carboxylic acids is 1. The van der Waals surface area contributed by atoms with Crippen molar-refractivity contribution in [3.05, 3.63) is 23.8 Å². The van der Waals surface area contributed by atoms with Crippen molar-refractivity contribution >= 4 is 11.9 Å². The lowest BCUT2D eigenvalue weighted by Gasteiger charge is -2.71. The number of rotatable bonds is 8. The minimum absolute atomic E-state index is 0.132. The van der Waals surface area contributed by atoms with Gasteiger partial charge in [-0.1, -0.05) is 80.9 Å². The van der Waals surface area contributed by atoms with Crippen molar-refractivity contribution < 1.29 is 24.2 Å². The number of ether oxygens (including phenoxy) is 2. The Bertz CT molecular complexity index is 1550. The SMILES string of the molecule is CC(C)[C@@H](C)[C@@]1(C)CC[C@]2(C)[C@H]3CC[C@@H]4C5(COC[C@]4(C)[C@@H](OC[C@@](C)(N)C(C)(C)C)[C@H](n4ncnc4C(N)=O)C5)C3=CC[C@@]2(C)[C@@H]1C(=O)O. The highest BCUT2D eigenvalue weighted by Crippen LogP contribution is 2.75. The summed E-state index contributed by atoms with van der Waals surface area (Å²) < 4.78 is 15.4. The third-order valence-electron chi connectivity index (χ3n) is 16.5. The van der Waals surface area contributed by atoms with Crippen LogP contribution in [0.2, 0.25) is 0 Å². The van der Waals surface area contributed by atoms with E-state index in [2.05, 4.69) is 85.4 Å². The van der Waals surface area contributed by atoms with Crippen LogP contribution in [0.1, 0.15) is 131 Å². The molecule has 2 bridgehead atoms. The Balaban J connectivity index is 1.47. The van der Waals surface area contributed by atoms with Crippen LogP contribution in [0.25, 0.3) is 0 Å². The average Bonchev–Trinajstić information content (AvgIpc) is 3.50. The second-order valence-electron chi connectivity index (χ2n) is 19.9. The van der Waals surface area contributed by atoms with Crippen LogP contribution < -0.4 is 11.5 Å². The maximum Gasteiger partial charge on any atom is 0.307 e. The molecule has 1 saturated heterocycles. The van der Waals surface area contributed by atoms with E-state index in [4.69, 9.17) is 20.9 Å². The van der Waals surface area contributed by atoms with E-state index in [1.165, 1.54) is 11.9 Å². The van der Waals surface area contributed by atoms with Crippen molar-refractivity contribution in [3.8, 4) is 0 Å². The van der Waals surface area contributed by atoms with E-state index in [9.17, 15) is 14.7 Å². The molecule has 10 heteroatoms. The van der Waals surface area contributed by atoms with Gasteiger partial charge in [-0.3, -0.25) is 9.59 Å². The van der Waals surface area contributed by atoms with Crippen LogP contribution in [-0.2, 0) is 14.3 Å². The summed E-state index contributed by atoms with van der Waals surface area (Å²) in [6, 6.07) is -0.324. The predicted octanol–water partition coefficient (Wildman–Crippen LogP) is 6.66. The Morgan fingerprint density at radius 3 is 2.36 bits per heavy atom. The van der Waals surface area contributed by atoms with Gasteiger partial charge in [-0.15, -0.1) is 0 Å². The van der Waals surface area contributed by atoms with Gasteiger partial charge in [-0.25, -0.2) is 9.67 Å². The van der Waals surface area contributed by atoms with Crippen LogP contribution in [-0.4, -0.2) is 63.2 Å². The summed E-state index contributed by atoms with van der Waals surface area (Å²) in [7, 11) is 0. The van der Waals surface area contributed by atoms with Crippen molar-refractivity contribution in [1.29, 1.82) is 0 Å². The van der Waals surface area contributed by atoms with E-state index < -0.39 is 34.2 Å². The van der Waals surface area contributed by atoms with Crippen molar-refractivity contribution in [2.24, 2.45) is 73.5 Å². The molecular formula is C40H65N5O5. The minimum Gasteiger partial charge on any atom is -0.481 e. The van der Waals surface area contributed by atoms with Gasteiger partial charge >= 0.3 is 5.97 Å². The third kappa shape index (κ3) is 5.03. The zero-order valence-corrected chi connectivity index (χ0v) is 32.6. The molecule has 6 rings (SSSR count). The van der Waals surface area contributed by atoms with Gasteiger partial charge in [0.05, 0.1) is 37.9 Å². The van der Waals surface area contributed by atoms with Crippen LogP contribution in [0.3, 0.4) is 0 Å². The fraction of sp³-hybridized carbons (Fsp3) is 0.850. The molecule has 1 aliphatic heterocycles. The lowest BCUT2D eigenvalue weighted by atomic mass is 9.34. The maximum atomic E-state index is 13.5. The molecule has 12 atom stereocenters. The Morgan fingerprint density at radius 1 is 1.08 bits per heavy atom. The number of primary amides is 1. The first-order valence-corrected chi connectivity index (χ1v) is 19.1. The summed E-state index contributed by atoms with van der Waals surface area (Å²) in [6.07, 6.45) is 8.79. The van der Waals surface area contributed by atoms with Gasteiger partial charge < -0.3 is 26.0 Å². The molecule has 0 radical (unpaired) electrons. The fourth-order valence-corrected chi connectivity index (χ4v) is 12.3. The van der Waals surface area contributed by atoms with E-state index in [1.807, 2.05) is 6.92 Å². The van der Waals surface area contributed by atoms with Crippen molar-refractivity contribution in [1.82, 2.24) is 14.8 Å². The summed E-state index contributed by atoms with van der Waals surface area (Å²) >= 11 is 0. The fourth-order valence-electron chi connectivity index (χ4n) is 12.3. The number of carboxylic acid groups (broad SMARTS) is 1. The maximum absolute atomic E-state index is 13.5. The Kier molecular flexibility index (Phi) is 8.88. The molecule has 0 spiro atoms. The van der Waals surface area contributed by atoms with E-state index in [1.54, 1.807) is 4.68 Å². The molecule has 0 aromatic carbocycles. The Hall–Kier alpha value is -2.30. The first kappa shape index (κ1) is 37.5. The molecule has 1 amide bonds. The molecule has 50 heavy (non-hydrogen) atoms. The average molecular weight is 696 g/mol. The second-order valence-corrected chi connectivity index (χ2v) is 19.9. The summed E-state index contributed by atoms with van der Waals surface area (Å²) in [6.45, 7) is 25.8. The number of carbonyl (C=O) groups is 2. The molecule has 5 N–H and O–H groups in total. The van der Waals surface area contributed by atoms with Gasteiger partial charge in [-0.2, -0.15) is 5.10 Å². The molecule has 1 aromatic heterocycles. The van der Waals surface area contributed by atoms with Crippen LogP contribution in [0, 0.1) is 62.1 Å². The molecule has 2 heterocycles. The standard InChI is InChI=1S/C40H65N5O5/c1-23(2)24(3)35(7)16-17-37(9)25-12-13-28-36(8)19-49-21-40(28,26(25)14-15-38(37,10)29(35)33(47)48)18-27(45-32(31(41)46)43-22-44-45)30(36)50-20-39(11,42)34(4,5)6/h14,22-25,27-30H,12-13,15-21,42H2,1-11H3,(H2,41,46)(H,47,48)/t24-,25+,27-,28+,29-,30+,35-,36+,37-,38+,39-,40?/m1/s1. The number of allylic oxidation sites excluding steroid dienone is 1. The molecule has 4 aliphatic carbocycles. The monoisotopic (exact) mass is 695 g/mol. The van der Waals surface area contributed by atoms with Gasteiger partial charge in [-0.05, 0) is 90.8 Å². The molecule has 5 aliphatic rings. The Morgan fingerprint density at radius 2 is 1.76 bits per heavy atom. The topological polar surface area (TPSA) is 156 Å². The first-order valence-electron chi connectivity index (χ1n) is 19.1. The van der Waals surface area contributed by atoms with Gasteiger partial charge in [0.1, 0.15) is 6.33 Å². The van der Waals surface area contributed by atoms with E-state index in [0.717, 1.165) is 32.1 Å². The second kappa shape index (κ2) is 11.9. The van der Waals surface area contributed by atoms with Crippen LogP contribution >= 0.6 is 0 Å². The quantitative estimate of drug-likeness (QED) is 0.255. The number of amides is 1. The third-order valence-corrected chi connectivity index (χ3v) is 16.5. The van der Waals surface area contributed by atoms with Crippen LogP contribution in [0.4, 0.5) is 0 Å². The summed E-state index contributed by atoms with van der Waals surface area (Å²) in [4.78, 5) is 30.5. The largest absolute Gasteiger partial charge is 0.481 e. The summed E-state index contributed by atoms with van der Waals surface area (Å²) in [5, 5.41) is 15.7. The highest BCUT2D eigenvalue weighted by Gasteiger charge is 2.72. The number of hydrogen-bond donors (Lipinski definition) is 3. The van der Waals surface area contributed by atoms with Crippen LogP contribution in [0.15, 0.2) is 18.0 Å². The van der Waals surface area contributed by atoms with Crippen LogP contribution in [0.5, 0.6) is 0 Å². The minimum atomic E-state index is -0.657. The molecular weight excluding hydrogens is 630 g/mol. The zero-order valence-electron chi connectivity index (χ0n) is 32.6. The highest BCUT2D eigenvalue weighted by atomic mass is 16.5. The molecule has 1 unspecified atom stereocenters. The number of carboxylic acids is 1. The number of aliphatic carboxylic acids is 1. The number of fused-ring (bicyclic) bond motifs is 3. The predicted molar refractivity (Wildman–Crippen MR) is 193 cm³/mol. The van der Waals surface area contributed by atoms with E-state index >= 15 is 0 Å². The molecule has 3 saturated carbocycles. The van der Waals surface area contributed by atoms with Gasteiger partial charge in [0.25, 0.3) is 5.91 Å². The van der Waals surface area contributed by atoms with E-state index in [-0.39, 0.29) is 57.4 Å². The molecule has 1 aromatic rings. The van der Waals surface area contributed by atoms with Crippen molar-refractivity contribution in [2.75, 3.05) is 19.8 Å². The summed E-state index contributed by atoms with van der Waals surface area (Å²) in [5.41, 5.74) is 11.7.